The van der Waals surface area contributed by atoms with Crippen molar-refractivity contribution < 1.29 is 36.9 Å². The molecule has 0 aliphatic heterocycles. The predicted octanol–water partition coefficient (Wildman–Crippen LogP) is 6.95. The Hall–Kier alpha value is -3.88. The Balaban J connectivity index is 1.65. The van der Waals surface area contributed by atoms with Crippen molar-refractivity contribution in [3.8, 4) is 17.2 Å². The second-order valence-electron chi connectivity index (χ2n) is 9.64. The molecule has 3 aromatic rings. The summed E-state index contributed by atoms with van der Waals surface area (Å²) in [5.74, 6) is 1.49. The highest BCUT2D eigenvalue weighted by atomic mass is 19.4. The summed E-state index contributed by atoms with van der Waals surface area (Å²) in [6, 6.07) is 19.9. The second kappa shape index (κ2) is 14.0. The van der Waals surface area contributed by atoms with Crippen LogP contribution >= 0.6 is 0 Å². The van der Waals surface area contributed by atoms with Gasteiger partial charge in [0, 0.05) is 18.8 Å². The van der Waals surface area contributed by atoms with Gasteiger partial charge in [-0.2, -0.15) is 13.2 Å². The first kappa shape index (κ1) is 30.7. The van der Waals surface area contributed by atoms with Gasteiger partial charge in [0.1, 0.15) is 17.2 Å². The maximum atomic E-state index is 13.4. The molecule has 0 unspecified atom stereocenters. The van der Waals surface area contributed by atoms with Crippen molar-refractivity contribution in [1.29, 1.82) is 0 Å². The number of halogens is 3. The summed E-state index contributed by atoms with van der Waals surface area (Å²) in [5, 5.41) is 0. The Morgan fingerprint density at radius 2 is 1.52 bits per heavy atom. The highest BCUT2D eigenvalue weighted by Gasteiger charge is 2.32. The molecule has 0 aromatic heterocycles. The summed E-state index contributed by atoms with van der Waals surface area (Å²) < 4.78 is 62.0. The van der Waals surface area contributed by atoms with Gasteiger partial charge in [-0.15, -0.1) is 0 Å². The summed E-state index contributed by atoms with van der Waals surface area (Å²) in [6.45, 7) is 6.70. The maximum absolute atomic E-state index is 13.4. The number of hydrogen-bond donors (Lipinski definition) is 0. The molecular weight excluding hydrogens is 523 g/mol. The number of methoxy groups -OCH3 is 1. The fraction of sp³-hybridized carbons (Fsp3) is 0.387. The number of anilines is 1. The van der Waals surface area contributed by atoms with Gasteiger partial charge in [0.25, 0.3) is 0 Å². The van der Waals surface area contributed by atoms with Gasteiger partial charge in [0.15, 0.2) is 5.60 Å². The molecule has 0 atom stereocenters. The topological polar surface area (TPSA) is 57.2 Å². The van der Waals surface area contributed by atoms with E-state index < -0.39 is 23.3 Å². The number of carbonyl (C=O) groups excluding carboxylic acids is 1. The molecule has 3 aromatic carbocycles. The molecule has 0 aliphatic carbocycles. The molecule has 0 bridgehead atoms. The zero-order valence-corrected chi connectivity index (χ0v) is 23.3. The fourth-order valence-electron chi connectivity index (χ4n) is 4.00. The van der Waals surface area contributed by atoms with Crippen molar-refractivity contribution in [2.45, 2.75) is 45.4 Å². The third kappa shape index (κ3) is 9.10. The zero-order valence-electron chi connectivity index (χ0n) is 23.3. The molecule has 0 radical (unpaired) electrons. The van der Waals surface area contributed by atoms with Crippen LogP contribution in [0.15, 0.2) is 72.8 Å². The largest absolute Gasteiger partial charge is 0.497 e. The van der Waals surface area contributed by atoms with E-state index in [9.17, 15) is 18.0 Å². The van der Waals surface area contributed by atoms with Crippen molar-refractivity contribution >= 4 is 11.7 Å². The van der Waals surface area contributed by atoms with Gasteiger partial charge in [-0.25, -0.2) is 4.79 Å². The predicted molar refractivity (Wildman–Crippen MR) is 148 cm³/mol. The standard InChI is InChI=1S/C31H36F3NO5/c1-5-38-29(36)30(2,3)40-28-12-10-23(11-13-28)18-20-35(25-9-6-8-24(22-25)31(32,33)34)19-7-21-39-27-16-14-26(37-4)15-17-27/h6,8-17,22H,5,7,18-21H2,1-4H3. The van der Waals surface area contributed by atoms with Crippen molar-refractivity contribution in [2.75, 3.05) is 38.3 Å². The first-order valence-corrected chi connectivity index (χ1v) is 13.2. The summed E-state index contributed by atoms with van der Waals surface area (Å²) in [6.07, 6.45) is -3.22. The van der Waals surface area contributed by atoms with Crippen LogP contribution in [0.25, 0.3) is 0 Å². The van der Waals surface area contributed by atoms with E-state index in [1.165, 1.54) is 12.1 Å². The van der Waals surface area contributed by atoms with Crippen LogP contribution in [0, 0.1) is 0 Å². The lowest BCUT2D eigenvalue weighted by molar-refractivity contribution is -0.158. The fourth-order valence-corrected chi connectivity index (χ4v) is 4.00. The molecule has 0 N–H and O–H groups in total. The average molecular weight is 560 g/mol. The quantitative estimate of drug-likeness (QED) is 0.157. The Morgan fingerprint density at radius 3 is 2.15 bits per heavy atom. The number of rotatable bonds is 14. The summed E-state index contributed by atoms with van der Waals surface area (Å²) in [4.78, 5) is 14.0. The molecule has 0 saturated heterocycles. The van der Waals surface area contributed by atoms with Gasteiger partial charge >= 0.3 is 12.1 Å². The van der Waals surface area contributed by atoms with E-state index in [2.05, 4.69) is 0 Å². The molecule has 40 heavy (non-hydrogen) atoms. The van der Waals surface area contributed by atoms with Crippen molar-refractivity contribution in [3.05, 3.63) is 83.9 Å². The van der Waals surface area contributed by atoms with Crippen molar-refractivity contribution in [1.82, 2.24) is 0 Å². The van der Waals surface area contributed by atoms with Gasteiger partial charge in [-0.1, -0.05) is 18.2 Å². The minimum atomic E-state index is -4.42. The molecule has 0 heterocycles. The Morgan fingerprint density at radius 1 is 0.875 bits per heavy atom. The lowest BCUT2D eigenvalue weighted by atomic mass is 10.1. The molecule has 0 saturated carbocycles. The Kier molecular flexibility index (Phi) is 10.7. The van der Waals surface area contributed by atoms with Crippen LogP contribution in [-0.2, 0) is 22.1 Å². The van der Waals surface area contributed by atoms with E-state index in [-0.39, 0.29) is 6.61 Å². The highest BCUT2D eigenvalue weighted by molar-refractivity contribution is 5.79. The minimum absolute atomic E-state index is 0.264. The summed E-state index contributed by atoms with van der Waals surface area (Å²) >= 11 is 0. The van der Waals surface area contributed by atoms with E-state index in [1.54, 1.807) is 58.2 Å². The van der Waals surface area contributed by atoms with Crippen LogP contribution in [0.2, 0.25) is 0 Å². The van der Waals surface area contributed by atoms with Crippen molar-refractivity contribution in [3.63, 3.8) is 0 Å². The van der Waals surface area contributed by atoms with E-state index in [1.807, 2.05) is 29.2 Å². The number of benzene rings is 3. The highest BCUT2D eigenvalue weighted by Crippen LogP contribution is 2.32. The first-order chi connectivity index (χ1) is 19.0. The van der Waals surface area contributed by atoms with Gasteiger partial charge < -0.3 is 23.8 Å². The minimum Gasteiger partial charge on any atom is -0.497 e. The smallest absolute Gasteiger partial charge is 0.416 e. The molecule has 0 fully saturated rings. The maximum Gasteiger partial charge on any atom is 0.416 e. The number of nitrogens with zero attached hydrogens (tertiary/aromatic N) is 1. The number of carbonyl (C=O) groups is 1. The lowest BCUT2D eigenvalue weighted by Crippen LogP contribution is -2.39. The number of hydrogen-bond acceptors (Lipinski definition) is 6. The Bertz CT molecular complexity index is 1210. The van der Waals surface area contributed by atoms with Gasteiger partial charge in [-0.3, -0.25) is 0 Å². The number of ether oxygens (including phenoxy) is 4. The third-order valence-corrected chi connectivity index (χ3v) is 6.17. The molecule has 6 nitrogen and oxygen atoms in total. The molecule has 216 valence electrons. The van der Waals surface area contributed by atoms with E-state index in [4.69, 9.17) is 18.9 Å². The van der Waals surface area contributed by atoms with E-state index >= 15 is 0 Å². The molecule has 9 heteroatoms. The van der Waals surface area contributed by atoms with Crippen LogP contribution in [0.3, 0.4) is 0 Å². The van der Waals surface area contributed by atoms with Gasteiger partial charge in [-0.05, 0) is 93.8 Å². The third-order valence-electron chi connectivity index (χ3n) is 6.17. The SMILES string of the molecule is CCOC(=O)C(C)(C)Oc1ccc(CCN(CCCOc2ccc(OC)cc2)c2cccc(C(F)(F)F)c2)cc1. The summed E-state index contributed by atoms with van der Waals surface area (Å²) in [5.41, 5.74) is -0.343. The van der Waals surface area contributed by atoms with Crippen LogP contribution in [-0.4, -0.2) is 45.0 Å². The molecule has 0 aliphatic rings. The first-order valence-electron chi connectivity index (χ1n) is 13.2. The van der Waals surface area contributed by atoms with Crippen LogP contribution in [0.5, 0.6) is 17.2 Å². The monoisotopic (exact) mass is 559 g/mol. The van der Waals surface area contributed by atoms with Crippen molar-refractivity contribution in [2.24, 2.45) is 0 Å². The average Bonchev–Trinajstić information content (AvgIpc) is 2.93. The van der Waals surface area contributed by atoms with Crippen LogP contribution in [0.4, 0.5) is 18.9 Å². The van der Waals surface area contributed by atoms with E-state index in [0.29, 0.717) is 49.7 Å². The Labute approximate surface area is 233 Å². The van der Waals surface area contributed by atoms with Crippen LogP contribution < -0.4 is 19.1 Å². The second-order valence-corrected chi connectivity index (χ2v) is 9.64. The van der Waals surface area contributed by atoms with Gasteiger partial charge in [0.2, 0.25) is 0 Å². The molecule has 0 spiro atoms. The molecule has 0 amide bonds. The zero-order chi connectivity index (χ0) is 29.2. The summed E-state index contributed by atoms with van der Waals surface area (Å²) in [7, 11) is 1.59. The molecular formula is C31H36F3NO5. The normalized spacial score (nSPS) is 11.6. The van der Waals surface area contributed by atoms with Gasteiger partial charge in [0.05, 0.1) is 25.9 Å². The number of esters is 1. The molecule has 3 rings (SSSR count). The van der Waals surface area contributed by atoms with E-state index in [0.717, 1.165) is 17.4 Å². The lowest BCUT2D eigenvalue weighted by Gasteiger charge is -2.26. The van der Waals surface area contributed by atoms with Crippen LogP contribution in [0.1, 0.15) is 38.3 Å². The number of alkyl halides is 3.